The number of hydrogen-bond donors (Lipinski definition) is 2. The minimum atomic E-state index is -0.436. The molecule has 1 aliphatic heterocycles. The van der Waals surface area contributed by atoms with Crippen molar-refractivity contribution in [2.45, 2.75) is 25.7 Å². The molecule has 1 saturated carbocycles. The largest absolute Gasteiger partial charge is 0.378 e. The highest BCUT2D eigenvalue weighted by Gasteiger charge is 2.36. The average Bonchev–Trinajstić information content (AvgIpc) is 3.50. The molecule has 1 heterocycles. The summed E-state index contributed by atoms with van der Waals surface area (Å²) < 4.78 is 0. The van der Waals surface area contributed by atoms with Crippen LogP contribution in [0.1, 0.15) is 25.7 Å². The fourth-order valence-electron chi connectivity index (χ4n) is 3.29. The Morgan fingerprint density at radius 2 is 1.92 bits per heavy atom. The molecular weight excluding hydrogens is 336 g/mol. The van der Waals surface area contributed by atoms with Crippen molar-refractivity contribution in [3.8, 4) is 0 Å². The maximum absolute atomic E-state index is 12.4. The number of amides is 2. The van der Waals surface area contributed by atoms with Crippen LogP contribution in [0.5, 0.6) is 0 Å². The molecule has 1 aliphatic carbocycles. The number of rotatable bonds is 7. The highest BCUT2D eigenvalue weighted by Crippen LogP contribution is 2.32. The molecule has 1 saturated heterocycles. The molecule has 0 radical (unpaired) electrons. The zero-order chi connectivity index (χ0) is 18.5. The predicted molar refractivity (Wildman–Crippen MR) is 96.6 cm³/mol. The molecule has 2 aliphatic rings. The van der Waals surface area contributed by atoms with Crippen LogP contribution in [0.4, 0.5) is 11.4 Å². The summed E-state index contributed by atoms with van der Waals surface area (Å²) >= 11 is 0. The van der Waals surface area contributed by atoms with E-state index in [2.05, 4.69) is 10.6 Å². The van der Waals surface area contributed by atoms with Crippen LogP contribution in [0.25, 0.3) is 0 Å². The first-order chi connectivity index (χ1) is 12.6. The topological polar surface area (TPSA) is 105 Å². The van der Waals surface area contributed by atoms with Crippen molar-refractivity contribution in [2.24, 2.45) is 11.8 Å². The molecule has 2 amide bonds. The maximum atomic E-state index is 12.4. The monoisotopic (exact) mass is 360 g/mol. The van der Waals surface area contributed by atoms with E-state index in [1.54, 1.807) is 18.2 Å². The Balaban J connectivity index is 1.42. The van der Waals surface area contributed by atoms with Crippen molar-refractivity contribution in [3.63, 3.8) is 0 Å². The van der Waals surface area contributed by atoms with Gasteiger partial charge in [0.1, 0.15) is 5.69 Å². The zero-order valence-corrected chi connectivity index (χ0v) is 14.6. The number of nitrogens with one attached hydrogen (secondary N) is 2. The lowest BCUT2D eigenvalue weighted by molar-refractivity contribution is -0.384. The number of benzene rings is 1. The number of nitrogens with zero attached hydrogens (tertiary/aromatic N) is 2. The van der Waals surface area contributed by atoms with Crippen molar-refractivity contribution < 1.29 is 14.5 Å². The number of anilines is 1. The van der Waals surface area contributed by atoms with Crippen molar-refractivity contribution in [1.29, 1.82) is 0 Å². The first-order valence-corrected chi connectivity index (χ1v) is 9.10. The van der Waals surface area contributed by atoms with E-state index in [1.807, 2.05) is 4.90 Å². The predicted octanol–water partition coefficient (Wildman–Crippen LogP) is 1.77. The Morgan fingerprint density at radius 1 is 1.15 bits per heavy atom. The molecule has 1 atom stereocenters. The minimum Gasteiger partial charge on any atom is -0.378 e. The van der Waals surface area contributed by atoms with Gasteiger partial charge in [-0.1, -0.05) is 12.1 Å². The number of nitro benzene ring substituents is 1. The number of likely N-dealkylation sites (tertiary alicyclic amines) is 1. The molecule has 1 aromatic rings. The number of hydrogen-bond acceptors (Lipinski definition) is 5. The first kappa shape index (κ1) is 18.2. The van der Waals surface area contributed by atoms with E-state index in [0.29, 0.717) is 25.3 Å². The molecule has 0 aromatic heterocycles. The number of carbonyl (C=O) groups is 2. The standard InChI is InChI=1S/C18H24N4O4/c23-17(14-4-3-11-21(12-14)18(24)13-7-8-13)20-10-9-19-15-5-1-2-6-16(15)22(25)26/h1-2,5-6,13-14,19H,3-4,7-12H2,(H,20,23). The van der Waals surface area contributed by atoms with Crippen LogP contribution in [-0.2, 0) is 9.59 Å². The molecule has 140 valence electrons. The second-order valence-corrected chi connectivity index (χ2v) is 6.89. The van der Waals surface area contributed by atoms with Gasteiger partial charge in [-0.3, -0.25) is 19.7 Å². The van der Waals surface area contributed by atoms with Gasteiger partial charge in [0.2, 0.25) is 11.8 Å². The Bertz CT molecular complexity index is 690. The Labute approximate surface area is 152 Å². The van der Waals surface area contributed by atoms with Crippen LogP contribution >= 0.6 is 0 Å². The Kier molecular flexibility index (Phi) is 5.70. The van der Waals surface area contributed by atoms with E-state index < -0.39 is 4.92 Å². The molecule has 8 nitrogen and oxygen atoms in total. The van der Waals surface area contributed by atoms with Crippen LogP contribution in [0.3, 0.4) is 0 Å². The van der Waals surface area contributed by atoms with Gasteiger partial charge in [0, 0.05) is 38.2 Å². The van der Waals surface area contributed by atoms with Crippen molar-refractivity contribution in [1.82, 2.24) is 10.2 Å². The van der Waals surface area contributed by atoms with Crippen LogP contribution in [0.15, 0.2) is 24.3 Å². The number of nitro groups is 1. The number of carbonyl (C=O) groups excluding carboxylic acids is 2. The second-order valence-electron chi connectivity index (χ2n) is 6.89. The third-order valence-electron chi connectivity index (χ3n) is 4.87. The quantitative estimate of drug-likeness (QED) is 0.438. The van der Waals surface area contributed by atoms with Gasteiger partial charge in [0.05, 0.1) is 10.8 Å². The van der Waals surface area contributed by atoms with E-state index >= 15 is 0 Å². The third-order valence-corrected chi connectivity index (χ3v) is 4.87. The fraction of sp³-hybridized carbons (Fsp3) is 0.556. The van der Waals surface area contributed by atoms with E-state index in [9.17, 15) is 19.7 Å². The highest BCUT2D eigenvalue weighted by molar-refractivity contribution is 5.83. The van der Waals surface area contributed by atoms with Crippen molar-refractivity contribution >= 4 is 23.2 Å². The lowest BCUT2D eigenvalue weighted by Crippen LogP contribution is -2.46. The summed E-state index contributed by atoms with van der Waals surface area (Å²) in [7, 11) is 0. The normalized spacial score (nSPS) is 19.7. The van der Waals surface area contributed by atoms with E-state index in [1.165, 1.54) is 6.07 Å². The number of piperidine rings is 1. The number of para-hydroxylation sites is 2. The van der Waals surface area contributed by atoms with Gasteiger partial charge in [0.25, 0.3) is 5.69 Å². The van der Waals surface area contributed by atoms with E-state index in [0.717, 1.165) is 32.2 Å². The molecule has 2 N–H and O–H groups in total. The van der Waals surface area contributed by atoms with Crippen LogP contribution < -0.4 is 10.6 Å². The second kappa shape index (κ2) is 8.16. The molecule has 8 heteroatoms. The van der Waals surface area contributed by atoms with Crippen LogP contribution in [0, 0.1) is 22.0 Å². The summed E-state index contributed by atoms with van der Waals surface area (Å²) in [6.45, 7) is 2.02. The first-order valence-electron chi connectivity index (χ1n) is 9.10. The highest BCUT2D eigenvalue weighted by atomic mass is 16.6. The van der Waals surface area contributed by atoms with Gasteiger partial charge < -0.3 is 15.5 Å². The zero-order valence-electron chi connectivity index (χ0n) is 14.6. The summed E-state index contributed by atoms with van der Waals surface area (Å²) in [4.78, 5) is 36.9. The molecule has 3 rings (SSSR count). The Hall–Kier alpha value is -2.64. The fourth-order valence-corrected chi connectivity index (χ4v) is 3.29. The van der Waals surface area contributed by atoms with Crippen LogP contribution in [-0.4, -0.2) is 47.8 Å². The molecule has 26 heavy (non-hydrogen) atoms. The molecule has 1 unspecified atom stereocenters. The SMILES string of the molecule is O=C(NCCNc1ccccc1[N+](=O)[O-])C1CCCN(C(=O)C2CC2)C1. The van der Waals surface area contributed by atoms with E-state index in [4.69, 9.17) is 0 Å². The van der Waals surface area contributed by atoms with Gasteiger partial charge in [-0.15, -0.1) is 0 Å². The minimum absolute atomic E-state index is 0.0142. The van der Waals surface area contributed by atoms with Gasteiger partial charge in [-0.2, -0.15) is 0 Å². The summed E-state index contributed by atoms with van der Waals surface area (Å²) in [6, 6.07) is 6.42. The maximum Gasteiger partial charge on any atom is 0.292 e. The summed E-state index contributed by atoms with van der Waals surface area (Å²) in [5.74, 6) is 0.156. The molecule has 1 aromatic carbocycles. The van der Waals surface area contributed by atoms with Crippen LogP contribution in [0.2, 0.25) is 0 Å². The average molecular weight is 360 g/mol. The summed E-state index contributed by atoms with van der Waals surface area (Å²) in [5.41, 5.74) is 0.450. The van der Waals surface area contributed by atoms with Gasteiger partial charge in [-0.25, -0.2) is 0 Å². The lowest BCUT2D eigenvalue weighted by Gasteiger charge is -2.32. The molecular formula is C18H24N4O4. The van der Waals surface area contributed by atoms with Gasteiger partial charge in [-0.05, 0) is 31.7 Å². The van der Waals surface area contributed by atoms with Gasteiger partial charge >= 0.3 is 0 Å². The van der Waals surface area contributed by atoms with Crippen molar-refractivity contribution in [3.05, 3.63) is 34.4 Å². The Morgan fingerprint density at radius 3 is 2.65 bits per heavy atom. The third kappa shape index (κ3) is 4.50. The van der Waals surface area contributed by atoms with Crippen molar-refractivity contribution in [2.75, 3.05) is 31.5 Å². The molecule has 2 fully saturated rings. The van der Waals surface area contributed by atoms with Gasteiger partial charge in [0.15, 0.2) is 0 Å². The smallest absolute Gasteiger partial charge is 0.292 e. The summed E-state index contributed by atoms with van der Waals surface area (Å²) in [6.07, 6.45) is 3.59. The molecule has 0 spiro atoms. The lowest BCUT2D eigenvalue weighted by atomic mass is 9.96. The molecule has 0 bridgehead atoms. The van der Waals surface area contributed by atoms with E-state index in [-0.39, 0.29) is 29.3 Å². The summed E-state index contributed by atoms with van der Waals surface area (Å²) in [5, 5.41) is 16.8.